The van der Waals surface area contributed by atoms with Gasteiger partial charge in [-0.3, -0.25) is 4.79 Å². The van der Waals surface area contributed by atoms with Crippen LogP contribution < -0.4 is 0 Å². The van der Waals surface area contributed by atoms with Crippen molar-refractivity contribution in [2.24, 2.45) is 0 Å². The molecule has 0 aliphatic heterocycles. The number of aryl methyl sites for hydroxylation is 2. The molecular weight excluding hydrogens is 430 g/mol. The first kappa shape index (κ1) is 21.3. The van der Waals surface area contributed by atoms with E-state index < -0.39 is 5.97 Å². The molecule has 0 unspecified atom stereocenters. The summed E-state index contributed by atoms with van der Waals surface area (Å²) in [6.07, 6.45) is 0. The molecule has 0 aliphatic rings. The molecule has 4 aromatic rings. The zero-order valence-electron chi connectivity index (χ0n) is 17.6. The van der Waals surface area contributed by atoms with Crippen molar-refractivity contribution in [1.29, 1.82) is 0 Å². The highest BCUT2D eigenvalue weighted by Crippen LogP contribution is 2.36. The molecule has 3 aromatic heterocycles. The van der Waals surface area contributed by atoms with E-state index in [1.165, 1.54) is 18.9 Å². The summed E-state index contributed by atoms with van der Waals surface area (Å²) >= 11 is 3.00. The normalized spacial score (nSPS) is 11.1. The van der Waals surface area contributed by atoms with Gasteiger partial charge in [0.05, 0.1) is 24.1 Å². The number of fused-ring (bicyclic) bond motifs is 1. The van der Waals surface area contributed by atoms with Crippen LogP contribution in [0.3, 0.4) is 0 Å². The zero-order chi connectivity index (χ0) is 22.1. The van der Waals surface area contributed by atoms with Crippen molar-refractivity contribution in [2.45, 2.75) is 25.8 Å². The van der Waals surface area contributed by atoms with Gasteiger partial charge in [0.15, 0.2) is 5.78 Å². The minimum Gasteiger partial charge on any atom is -0.465 e. The molecule has 0 radical (unpaired) electrons. The fourth-order valence-electron chi connectivity index (χ4n) is 3.49. The number of carbonyl (C=O) groups is 2. The summed E-state index contributed by atoms with van der Waals surface area (Å²) in [6.45, 7) is 5.37. The molecule has 1 N–H and O–H groups in total. The van der Waals surface area contributed by atoms with E-state index >= 15 is 0 Å². The van der Waals surface area contributed by atoms with E-state index in [9.17, 15) is 9.59 Å². The number of ketones is 1. The van der Waals surface area contributed by atoms with E-state index in [-0.39, 0.29) is 11.5 Å². The van der Waals surface area contributed by atoms with Crippen molar-refractivity contribution in [1.82, 2.24) is 15.0 Å². The number of benzene rings is 1. The molecule has 0 amide bonds. The van der Waals surface area contributed by atoms with Gasteiger partial charge in [0, 0.05) is 16.0 Å². The quantitative estimate of drug-likeness (QED) is 0.184. The number of carbonyl (C=O) groups excluding carboxylic acids is 2. The van der Waals surface area contributed by atoms with E-state index in [0.29, 0.717) is 28.3 Å². The summed E-state index contributed by atoms with van der Waals surface area (Å²) in [4.78, 5) is 39.1. The van der Waals surface area contributed by atoms with Crippen molar-refractivity contribution in [3.8, 4) is 10.4 Å². The van der Waals surface area contributed by atoms with E-state index in [1.807, 2.05) is 25.1 Å². The van der Waals surface area contributed by atoms with Gasteiger partial charge in [-0.2, -0.15) is 0 Å². The van der Waals surface area contributed by atoms with Crippen LogP contribution in [0.25, 0.3) is 20.7 Å². The molecule has 0 fully saturated rings. The third kappa shape index (κ3) is 4.13. The van der Waals surface area contributed by atoms with Crippen molar-refractivity contribution in [3.63, 3.8) is 0 Å². The number of H-pyrrole nitrogens is 1. The smallest absolute Gasteiger partial charge is 0.339 e. The number of aromatic nitrogens is 3. The number of hydrogen-bond acceptors (Lipinski definition) is 7. The largest absolute Gasteiger partial charge is 0.465 e. The average molecular weight is 452 g/mol. The first-order chi connectivity index (χ1) is 14.9. The number of thiophene rings is 1. The number of ether oxygens (including phenoxy) is 1. The summed E-state index contributed by atoms with van der Waals surface area (Å²) in [5, 5.41) is 1.73. The number of rotatable bonds is 6. The molecule has 31 heavy (non-hydrogen) atoms. The molecule has 3 heterocycles. The van der Waals surface area contributed by atoms with Gasteiger partial charge in [-0.25, -0.2) is 14.8 Å². The fraction of sp³-hybridized carbons (Fsp3) is 0.217. The molecule has 0 saturated carbocycles. The maximum absolute atomic E-state index is 12.9. The highest BCUT2D eigenvalue weighted by Gasteiger charge is 2.23. The summed E-state index contributed by atoms with van der Waals surface area (Å²) in [5.41, 5.74) is 3.22. The lowest BCUT2D eigenvalue weighted by molar-refractivity contribution is 0.0599. The third-order valence-electron chi connectivity index (χ3n) is 4.97. The lowest BCUT2D eigenvalue weighted by atomic mass is 10.1. The van der Waals surface area contributed by atoms with Crippen molar-refractivity contribution in [2.75, 3.05) is 12.9 Å². The van der Waals surface area contributed by atoms with Crippen molar-refractivity contribution >= 4 is 45.1 Å². The summed E-state index contributed by atoms with van der Waals surface area (Å²) in [6, 6.07) is 12.2. The van der Waals surface area contributed by atoms with Gasteiger partial charge in [-0.05, 0) is 38.0 Å². The van der Waals surface area contributed by atoms with Gasteiger partial charge < -0.3 is 9.72 Å². The van der Waals surface area contributed by atoms with Gasteiger partial charge in [-0.15, -0.1) is 11.3 Å². The number of thioether (sulfide) groups is 1. The Labute approximate surface area is 188 Å². The molecule has 1 aromatic carbocycles. The SMILES string of the molecule is COC(=O)c1c(C)[nH]c(C(=O)CSc2nc(C)nc3sc(-c4ccccc4)cc23)c1C. The number of esters is 1. The molecule has 8 heteroatoms. The van der Waals surface area contributed by atoms with Crippen LogP contribution in [0.2, 0.25) is 0 Å². The first-order valence-corrected chi connectivity index (χ1v) is 11.5. The van der Waals surface area contributed by atoms with Crippen LogP contribution >= 0.6 is 23.1 Å². The summed E-state index contributed by atoms with van der Waals surface area (Å²) < 4.78 is 4.83. The highest BCUT2D eigenvalue weighted by molar-refractivity contribution is 8.00. The monoisotopic (exact) mass is 451 g/mol. The van der Waals surface area contributed by atoms with Crippen molar-refractivity contribution in [3.05, 3.63) is 64.7 Å². The second-order valence-corrected chi connectivity index (χ2v) is 9.09. The Bertz CT molecular complexity index is 1290. The molecule has 0 atom stereocenters. The van der Waals surface area contributed by atoms with Gasteiger partial charge in [0.2, 0.25) is 0 Å². The van der Waals surface area contributed by atoms with Crippen LogP contribution in [-0.4, -0.2) is 39.6 Å². The number of nitrogens with one attached hydrogen (secondary N) is 1. The lowest BCUT2D eigenvalue weighted by Crippen LogP contribution is -2.07. The summed E-state index contributed by atoms with van der Waals surface area (Å²) in [5.74, 6) is 0.328. The van der Waals surface area contributed by atoms with E-state index in [4.69, 9.17) is 4.74 Å². The Balaban J connectivity index is 1.61. The highest BCUT2D eigenvalue weighted by atomic mass is 32.2. The van der Waals surface area contributed by atoms with Gasteiger partial charge in [0.25, 0.3) is 0 Å². The van der Waals surface area contributed by atoms with Crippen LogP contribution in [0.5, 0.6) is 0 Å². The average Bonchev–Trinajstić information content (AvgIpc) is 3.32. The fourth-order valence-corrected chi connectivity index (χ4v) is 5.56. The molecule has 0 aliphatic carbocycles. The Kier molecular flexibility index (Phi) is 5.93. The number of aromatic amines is 1. The van der Waals surface area contributed by atoms with Crippen LogP contribution in [0.15, 0.2) is 41.4 Å². The molecular formula is C23H21N3O3S2. The number of hydrogen-bond donors (Lipinski definition) is 1. The minimum absolute atomic E-state index is 0.0938. The number of Topliss-reactive ketones (excluding diaryl/α,β-unsaturated/α-hetero) is 1. The molecule has 6 nitrogen and oxygen atoms in total. The van der Waals surface area contributed by atoms with Crippen molar-refractivity contribution < 1.29 is 14.3 Å². The molecule has 0 saturated heterocycles. The Morgan fingerprint density at radius 3 is 2.58 bits per heavy atom. The van der Waals surface area contributed by atoms with E-state index in [0.717, 1.165) is 25.7 Å². The molecule has 158 valence electrons. The van der Waals surface area contributed by atoms with Gasteiger partial charge >= 0.3 is 5.97 Å². The Hall–Kier alpha value is -2.97. The van der Waals surface area contributed by atoms with Crippen LogP contribution in [0.1, 0.15) is 37.9 Å². The topological polar surface area (TPSA) is 84.9 Å². The molecule has 0 spiro atoms. The number of methoxy groups -OCH3 is 1. The van der Waals surface area contributed by atoms with Gasteiger partial charge in [-0.1, -0.05) is 42.1 Å². The molecule has 4 rings (SSSR count). The van der Waals surface area contributed by atoms with E-state index in [1.54, 1.807) is 25.2 Å². The minimum atomic E-state index is -0.446. The van der Waals surface area contributed by atoms with Crippen LogP contribution in [0.4, 0.5) is 0 Å². The predicted octanol–water partition coefficient (Wildman–Crippen LogP) is 5.37. The first-order valence-electron chi connectivity index (χ1n) is 9.66. The summed E-state index contributed by atoms with van der Waals surface area (Å²) in [7, 11) is 1.33. The Morgan fingerprint density at radius 1 is 1.13 bits per heavy atom. The van der Waals surface area contributed by atoms with Gasteiger partial charge in [0.1, 0.15) is 15.7 Å². The third-order valence-corrected chi connectivity index (χ3v) is 7.04. The number of nitrogens with zero attached hydrogens (tertiary/aromatic N) is 2. The second-order valence-electron chi connectivity index (χ2n) is 7.10. The zero-order valence-corrected chi connectivity index (χ0v) is 19.2. The predicted molar refractivity (Wildman–Crippen MR) is 124 cm³/mol. The maximum atomic E-state index is 12.9. The van der Waals surface area contributed by atoms with E-state index in [2.05, 4.69) is 33.2 Å². The second kappa shape index (κ2) is 8.64. The standard InChI is InChI=1S/C23H21N3O3S2/c1-12-19(23(28)29-4)13(2)24-20(12)17(27)11-30-21-16-10-18(15-8-6-5-7-9-15)31-22(16)26-14(3)25-21/h5-10,24H,11H2,1-4H3. The lowest BCUT2D eigenvalue weighted by Gasteiger charge is -2.04. The van der Waals surface area contributed by atoms with Crippen LogP contribution in [0, 0.1) is 20.8 Å². The van der Waals surface area contributed by atoms with Crippen LogP contribution in [-0.2, 0) is 4.74 Å². The Morgan fingerprint density at radius 2 is 1.87 bits per heavy atom. The molecule has 0 bridgehead atoms. The maximum Gasteiger partial charge on any atom is 0.339 e.